The Labute approximate surface area is 101 Å². The van der Waals surface area contributed by atoms with Gasteiger partial charge in [0.15, 0.2) is 0 Å². The molecule has 0 radical (unpaired) electrons. The monoisotopic (exact) mass is 260 g/mol. The minimum Gasteiger partial charge on any atom is -0.394 e. The highest BCUT2D eigenvalue weighted by atomic mass is 19.1. The van der Waals surface area contributed by atoms with Crippen LogP contribution in [0.25, 0.3) is 0 Å². The minimum atomic E-state index is -1.09. The molecule has 4 atom stereocenters. The zero-order chi connectivity index (χ0) is 13.3. The van der Waals surface area contributed by atoms with E-state index in [-0.39, 0.29) is 5.56 Å². The van der Waals surface area contributed by atoms with E-state index < -0.39 is 42.7 Å². The Morgan fingerprint density at radius 1 is 1.67 bits per heavy atom. The number of halogens is 1. The molecule has 8 heteroatoms. The predicted octanol–water partition coefficient (Wildman–Crippen LogP) is -1.28. The number of hydrogen-bond donors (Lipinski definition) is 3. The predicted molar refractivity (Wildman–Crippen MR) is 56.3 cm³/mol. The quantitative estimate of drug-likeness (QED) is 0.584. The van der Waals surface area contributed by atoms with Gasteiger partial charge in [0.05, 0.1) is 12.2 Å². The van der Waals surface area contributed by atoms with Crippen LogP contribution in [0.3, 0.4) is 0 Å². The van der Waals surface area contributed by atoms with Gasteiger partial charge in [-0.15, -0.1) is 0 Å². The van der Waals surface area contributed by atoms with Crippen molar-refractivity contribution in [1.29, 1.82) is 0 Å². The Balaban J connectivity index is 2.34. The van der Waals surface area contributed by atoms with Crippen molar-refractivity contribution >= 4 is 0 Å². The molecule has 0 spiro atoms. The lowest BCUT2D eigenvalue weighted by atomic mass is 10.0. The smallest absolute Gasteiger partial charge is 0.347 e. The third kappa shape index (κ3) is 2.15. The summed E-state index contributed by atoms with van der Waals surface area (Å²) in [4.78, 5) is 16.1. The number of methoxy groups -OCH3 is 1. The second-order valence-electron chi connectivity index (χ2n) is 3.93. The van der Waals surface area contributed by atoms with Crippen molar-refractivity contribution in [2.45, 2.75) is 24.4 Å². The first-order valence-electron chi connectivity index (χ1n) is 5.30. The summed E-state index contributed by atoms with van der Waals surface area (Å²) < 4.78 is 23.9. The Kier molecular flexibility index (Phi) is 3.71. The van der Waals surface area contributed by atoms with E-state index in [1.165, 1.54) is 7.11 Å². The van der Waals surface area contributed by atoms with Crippen molar-refractivity contribution in [1.82, 2.24) is 9.97 Å². The van der Waals surface area contributed by atoms with Crippen LogP contribution in [0, 0.1) is 5.95 Å². The summed E-state index contributed by atoms with van der Waals surface area (Å²) in [5.41, 5.74) is -0.848. The van der Waals surface area contributed by atoms with E-state index in [2.05, 4.69) is 4.98 Å². The summed E-state index contributed by atoms with van der Waals surface area (Å²) in [5.74, 6) is -0.896. The standard InChI is InChI=1S/C10H13FN2O5/c1-17-8-6(15)5(3-14)18-7(8)4-2-12-10(16)13-9(4)11/h2,5-8,14-15H,3H2,1H3,(H,12,13,16)/t5-,6?,7+,8+/m1/s1. The van der Waals surface area contributed by atoms with Crippen LogP contribution in [0.2, 0.25) is 0 Å². The molecule has 0 amide bonds. The lowest BCUT2D eigenvalue weighted by Gasteiger charge is -2.18. The highest BCUT2D eigenvalue weighted by molar-refractivity contribution is 5.15. The zero-order valence-electron chi connectivity index (χ0n) is 9.54. The second kappa shape index (κ2) is 5.11. The van der Waals surface area contributed by atoms with E-state index in [0.29, 0.717) is 0 Å². The number of aromatic amines is 1. The normalized spacial score (nSPS) is 31.8. The molecule has 1 aromatic rings. The second-order valence-corrected chi connectivity index (χ2v) is 3.93. The maximum atomic E-state index is 13.6. The van der Waals surface area contributed by atoms with Gasteiger partial charge in [0.2, 0.25) is 5.95 Å². The number of H-pyrrole nitrogens is 1. The topological polar surface area (TPSA) is 105 Å². The van der Waals surface area contributed by atoms with Crippen molar-refractivity contribution in [3.05, 3.63) is 28.2 Å². The van der Waals surface area contributed by atoms with Gasteiger partial charge in [-0.3, -0.25) is 4.98 Å². The number of aliphatic hydroxyl groups is 2. The Morgan fingerprint density at radius 2 is 2.39 bits per heavy atom. The van der Waals surface area contributed by atoms with E-state index in [1.807, 2.05) is 4.98 Å². The van der Waals surface area contributed by atoms with Crippen molar-refractivity contribution in [3.8, 4) is 0 Å². The van der Waals surface area contributed by atoms with Crippen LogP contribution in [-0.4, -0.2) is 52.2 Å². The van der Waals surface area contributed by atoms with Gasteiger partial charge in [-0.05, 0) is 0 Å². The van der Waals surface area contributed by atoms with Gasteiger partial charge < -0.3 is 19.7 Å². The highest BCUT2D eigenvalue weighted by Crippen LogP contribution is 2.35. The van der Waals surface area contributed by atoms with Gasteiger partial charge in [-0.1, -0.05) is 0 Å². The first-order valence-corrected chi connectivity index (χ1v) is 5.30. The molecule has 1 unspecified atom stereocenters. The van der Waals surface area contributed by atoms with E-state index in [0.717, 1.165) is 6.20 Å². The van der Waals surface area contributed by atoms with Crippen LogP contribution in [0.1, 0.15) is 11.7 Å². The van der Waals surface area contributed by atoms with Crippen LogP contribution in [0.15, 0.2) is 11.0 Å². The molecule has 100 valence electrons. The molecule has 1 saturated heterocycles. The number of hydrogen-bond acceptors (Lipinski definition) is 6. The molecule has 0 saturated carbocycles. The third-order valence-electron chi connectivity index (χ3n) is 2.89. The summed E-state index contributed by atoms with van der Waals surface area (Å²) in [6, 6.07) is 0. The Morgan fingerprint density at radius 3 is 2.94 bits per heavy atom. The van der Waals surface area contributed by atoms with Crippen LogP contribution < -0.4 is 5.69 Å². The van der Waals surface area contributed by atoms with E-state index in [1.54, 1.807) is 0 Å². The lowest BCUT2D eigenvalue weighted by molar-refractivity contribution is -0.0250. The van der Waals surface area contributed by atoms with Crippen molar-refractivity contribution in [3.63, 3.8) is 0 Å². The summed E-state index contributed by atoms with van der Waals surface area (Å²) >= 11 is 0. The van der Waals surface area contributed by atoms with Crippen LogP contribution in [-0.2, 0) is 9.47 Å². The minimum absolute atomic E-state index is 0.0311. The summed E-state index contributed by atoms with van der Waals surface area (Å²) in [6.07, 6.45) is -2.71. The SMILES string of the molecule is CO[C@H]1C(O)[C@@H](CO)O[C@H]1c1cnc(=O)[nH]c1F. The van der Waals surface area contributed by atoms with Crippen molar-refractivity contribution < 1.29 is 24.1 Å². The Hall–Kier alpha value is -1.35. The molecule has 1 fully saturated rings. The van der Waals surface area contributed by atoms with Crippen molar-refractivity contribution in [2.24, 2.45) is 0 Å². The maximum Gasteiger partial charge on any atom is 0.347 e. The number of nitrogens with one attached hydrogen (secondary N) is 1. The van der Waals surface area contributed by atoms with Gasteiger partial charge >= 0.3 is 5.69 Å². The summed E-state index contributed by atoms with van der Waals surface area (Å²) in [7, 11) is 1.33. The number of aromatic nitrogens is 2. The molecule has 1 aromatic heterocycles. The van der Waals surface area contributed by atoms with Crippen LogP contribution >= 0.6 is 0 Å². The molecule has 2 rings (SSSR count). The number of aliphatic hydroxyl groups excluding tert-OH is 2. The third-order valence-corrected chi connectivity index (χ3v) is 2.89. The fourth-order valence-corrected chi connectivity index (χ4v) is 1.98. The molecule has 2 heterocycles. The van der Waals surface area contributed by atoms with Gasteiger partial charge in [0.1, 0.15) is 24.4 Å². The van der Waals surface area contributed by atoms with E-state index >= 15 is 0 Å². The molecule has 1 aliphatic rings. The fourth-order valence-electron chi connectivity index (χ4n) is 1.98. The van der Waals surface area contributed by atoms with E-state index in [4.69, 9.17) is 14.6 Å². The Bertz CT molecular complexity index is 480. The van der Waals surface area contributed by atoms with Gasteiger partial charge in [0.25, 0.3) is 0 Å². The average molecular weight is 260 g/mol. The van der Waals surface area contributed by atoms with Crippen molar-refractivity contribution in [2.75, 3.05) is 13.7 Å². The maximum absolute atomic E-state index is 13.6. The van der Waals surface area contributed by atoms with Crippen LogP contribution in [0.5, 0.6) is 0 Å². The molecule has 3 N–H and O–H groups in total. The number of ether oxygens (including phenoxy) is 2. The number of rotatable bonds is 3. The molecule has 0 bridgehead atoms. The molecule has 7 nitrogen and oxygen atoms in total. The first kappa shape index (κ1) is 13.1. The fraction of sp³-hybridized carbons (Fsp3) is 0.600. The van der Waals surface area contributed by atoms with Crippen LogP contribution in [0.4, 0.5) is 4.39 Å². The molecular weight excluding hydrogens is 247 g/mol. The van der Waals surface area contributed by atoms with Gasteiger partial charge in [-0.25, -0.2) is 9.78 Å². The summed E-state index contributed by atoms with van der Waals surface area (Å²) in [5, 5.41) is 18.8. The largest absolute Gasteiger partial charge is 0.394 e. The molecule has 0 aliphatic carbocycles. The summed E-state index contributed by atoms with van der Waals surface area (Å²) in [6.45, 7) is -0.421. The zero-order valence-corrected chi connectivity index (χ0v) is 9.54. The molecule has 0 aromatic carbocycles. The molecule has 1 aliphatic heterocycles. The van der Waals surface area contributed by atoms with E-state index in [9.17, 15) is 14.3 Å². The highest BCUT2D eigenvalue weighted by Gasteiger charge is 2.45. The molecular formula is C10H13FN2O5. The average Bonchev–Trinajstić information content (AvgIpc) is 2.65. The molecule has 18 heavy (non-hydrogen) atoms. The first-order chi connectivity index (χ1) is 8.58. The lowest BCUT2D eigenvalue weighted by Crippen LogP contribution is -2.34. The van der Waals surface area contributed by atoms with Gasteiger partial charge in [0, 0.05) is 13.3 Å². The van der Waals surface area contributed by atoms with Gasteiger partial charge in [-0.2, -0.15) is 4.39 Å². The number of nitrogens with zero attached hydrogens (tertiary/aromatic N) is 1.